The lowest BCUT2D eigenvalue weighted by atomic mass is 10.1. The minimum Gasteiger partial charge on any atom is -0.452 e. The maximum atomic E-state index is 11.9. The lowest BCUT2D eigenvalue weighted by Gasteiger charge is -2.20. The number of ether oxygens (including phenoxy) is 1. The molecule has 0 bridgehead atoms. The lowest BCUT2D eigenvalue weighted by Crippen LogP contribution is -2.35. The van der Waals surface area contributed by atoms with Crippen molar-refractivity contribution < 1.29 is 19.2 Å². The van der Waals surface area contributed by atoms with Gasteiger partial charge < -0.3 is 9.64 Å². The molecule has 1 aromatic rings. The molecule has 1 amide bonds. The number of likely N-dealkylation sites (N-methyl/N-ethyl adjacent to an activating group) is 1. The highest BCUT2D eigenvalue weighted by molar-refractivity contribution is 5.90. The van der Waals surface area contributed by atoms with Crippen molar-refractivity contribution in [2.24, 2.45) is 0 Å². The Morgan fingerprint density at radius 2 is 2.04 bits per heavy atom. The Hall–Kier alpha value is -2.96. The summed E-state index contributed by atoms with van der Waals surface area (Å²) >= 11 is 0. The molecule has 0 saturated carbocycles. The van der Waals surface area contributed by atoms with Gasteiger partial charge in [-0.05, 0) is 26.0 Å². The van der Waals surface area contributed by atoms with Crippen LogP contribution in [-0.2, 0) is 14.3 Å². The average Bonchev–Trinajstić information content (AvgIpc) is 2.55. The van der Waals surface area contributed by atoms with E-state index in [9.17, 15) is 19.7 Å². The van der Waals surface area contributed by atoms with Crippen LogP contribution in [0.5, 0.6) is 0 Å². The molecule has 0 aliphatic carbocycles. The zero-order valence-corrected chi connectivity index (χ0v) is 13.7. The van der Waals surface area contributed by atoms with Gasteiger partial charge in [0.05, 0.1) is 10.5 Å². The van der Waals surface area contributed by atoms with Crippen molar-refractivity contribution in [1.82, 2.24) is 4.90 Å². The number of carbonyl (C=O) groups excluding carboxylic acids is 2. The summed E-state index contributed by atoms with van der Waals surface area (Å²) in [5.41, 5.74) is 0.993. The number of nitro benzene ring substituents is 1. The minimum atomic E-state index is -0.743. The summed E-state index contributed by atoms with van der Waals surface area (Å²) in [6.45, 7) is 7.85. The van der Waals surface area contributed by atoms with Gasteiger partial charge in [0.15, 0.2) is 6.61 Å². The van der Waals surface area contributed by atoms with E-state index in [1.54, 1.807) is 13.0 Å². The van der Waals surface area contributed by atoms with Crippen LogP contribution in [0.3, 0.4) is 0 Å². The zero-order valence-electron chi connectivity index (χ0n) is 13.7. The lowest BCUT2D eigenvalue weighted by molar-refractivity contribution is -0.385. The highest BCUT2D eigenvalue weighted by Gasteiger charge is 2.14. The molecule has 0 aromatic heterocycles. The van der Waals surface area contributed by atoms with Crippen LogP contribution in [0.15, 0.2) is 42.5 Å². The van der Waals surface area contributed by atoms with E-state index < -0.39 is 10.9 Å². The van der Waals surface area contributed by atoms with E-state index >= 15 is 0 Å². The number of rotatable bonds is 8. The zero-order chi connectivity index (χ0) is 18.1. The molecule has 0 fully saturated rings. The third-order valence-electron chi connectivity index (χ3n) is 3.07. The number of esters is 1. The van der Waals surface area contributed by atoms with Gasteiger partial charge in [-0.3, -0.25) is 14.9 Å². The number of nitro groups is 1. The first kappa shape index (κ1) is 19.1. The van der Waals surface area contributed by atoms with Crippen molar-refractivity contribution in [3.8, 4) is 0 Å². The second kappa shape index (κ2) is 9.24. The van der Waals surface area contributed by atoms with Crippen LogP contribution in [0.2, 0.25) is 0 Å². The fraction of sp³-hybridized carbons (Fsp3) is 0.294. The van der Waals surface area contributed by atoms with E-state index in [1.807, 2.05) is 6.92 Å². The van der Waals surface area contributed by atoms with Crippen LogP contribution < -0.4 is 0 Å². The Bertz CT molecular complexity index is 667. The Kier molecular flexibility index (Phi) is 7.35. The van der Waals surface area contributed by atoms with Crippen molar-refractivity contribution in [3.05, 3.63) is 58.2 Å². The van der Waals surface area contributed by atoms with E-state index in [2.05, 4.69) is 6.58 Å². The number of para-hydroxylation sites is 1. The SMILES string of the molecule is C=C(C)CN(CC)C(=O)COC(=O)/C=C/c1ccccc1[N+](=O)[O-]. The van der Waals surface area contributed by atoms with E-state index in [0.717, 1.165) is 11.6 Å². The minimum absolute atomic E-state index is 0.115. The maximum absolute atomic E-state index is 11.9. The molecule has 7 nitrogen and oxygen atoms in total. The molecular formula is C17H20N2O5. The van der Waals surface area contributed by atoms with E-state index in [0.29, 0.717) is 13.1 Å². The number of hydrogen-bond donors (Lipinski definition) is 0. The molecule has 24 heavy (non-hydrogen) atoms. The molecule has 0 heterocycles. The molecule has 0 aliphatic heterocycles. The first-order valence-electron chi connectivity index (χ1n) is 7.35. The highest BCUT2D eigenvalue weighted by Crippen LogP contribution is 2.18. The van der Waals surface area contributed by atoms with Crippen LogP contribution in [0.1, 0.15) is 19.4 Å². The maximum Gasteiger partial charge on any atom is 0.331 e. The second-order valence-corrected chi connectivity index (χ2v) is 5.12. The van der Waals surface area contributed by atoms with Gasteiger partial charge in [0, 0.05) is 25.2 Å². The van der Waals surface area contributed by atoms with Gasteiger partial charge in [0.2, 0.25) is 0 Å². The number of nitrogens with zero attached hydrogens (tertiary/aromatic N) is 2. The number of benzene rings is 1. The van der Waals surface area contributed by atoms with Gasteiger partial charge in [-0.2, -0.15) is 0 Å². The Labute approximate surface area is 140 Å². The molecule has 128 valence electrons. The Balaban J connectivity index is 2.62. The number of amides is 1. The Morgan fingerprint density at radius 1 is 1.38 bits per heavy atom. The average molecular weight is 332 g/mol. The van der Waals surface area contributed by atoms with Crippen LogP contribution in [-0.4, -0.2) is 41.4 Å². The summed E-state index contributed by atoms with van der Waals surface area (Å²) in [6, 6.07) is 6.01. The smallest absolute Gasteiger partial charge is 0.331 e. The summed E-state index contributed by atoms with van der Waals surface area (Å²) in [5.74, 6) is -1.07. The predicted molar refractivity (Wildman–Crippen MR) is 90.2 cm³/mol. The molecule has 1 aromatic carbocycles. The molecule has 0 unspecified atom stereocenters. The number of carbonyl (C=O) groups is 2. The van der Waals surface area contributed by atoms with Gasteiger partial charge >= 0.3 is 5.97 Å². The fourth-order valence-electron chi connectivity index (χ4n) is 1.93. The van der Waals surface area contributed by atoms with Crippen molar-refractivity contribution in [2.45, 2.75) is 13.8 Å². The van der Waals surface area contributed by atoms with Crippen LogP contribution in [0.25, 0.3) is 6.08 Å². The third-order valence-corrected chi connectivity index (χ3v) is 3.07. The first-order valence-corrected chi connectivity index (χ1v) is 7.35. The summed E-state index contributed by atoms with van der Waals surface area (Å²) in [7, 11) is 0. The topological polar surface area (TPSA) is 89.8 Å². The normalized spacial score (nSPS) is 10.4. The van der Waals surface area contributed by atoms with Crippen molar-refractivity contribution in [2.75, 3.05) is 19.7 Å². The fourth-order valence-corrected chi connectivity index (χ4v) is 1.93. The molecule has 0 aliphatic rings. The van der Waals surface area contributed by atoms with Crippen molar-refractivity contribution in [1.29, 1.82) is 0 Å². The second-order valence-electron chi connectivity index (χ2n) is 5.12. The van der Waals surface area contributed by atoms with Gasteiger partial charge in [-0.15, -0.1) is 0 Å². The largest absolute Gasteiger partial charge is 0.452 e. The van der Waals surface area contributed by atoms with Crippen LogP contribution >= 0.6 is 0 Å². The molecule has 0 N–H and O–H groups in total. The van der Waals surface area contributed by atoms with E-state index in [-0.39, 0.29) is 23.8 Å². The van der Waals surface area contributed by atoms with Crippen molar-refractivity contribution in [3.63, 3.8) is 0 Å². The number of hydrogen-bond acceptors (Lipinski definition) is 5. The van der Waals surface area contributed by atoms with Gasteiger partial charge in [-0.25, -0.2) is 4.79 Å². The monoisotopic (exact) mass is 332 g/mol. The predicted octanol–water partition coefficient (Wildman–Crippen LogP) is 2.58. The Morgan fingerprint density at radius 3 is 2.62 bits per heavy atom. The molecule has 7 heteroatoms. The van der Waals surface area contributed by atoms with Gasteiger partial charge in [0.1, 0.15) is 0 Å². The van der Waals surface area contributed by atoms with Crippen molar-refractivity contribution >= 4 is 23.6 Å². The summed E-state index contributed by atoms with van der Waals surface area (Å²) in [6.07, 6.45) is 2.35. The summed E-state index contributed by atoms with van der Waals surface area (Å²) in [5, 5.41) is 10.9. The van der Waals surface area contributed by atoms with Gasteiger partial charge in [0.25, 0.3) is 11.6 Å². The summed E-state index contributed by atoms with van der Waals surface area (Å²) < 4.78 is 4.87. The molecule has 0 radical (unpaired) electrons. The molecule has 0 atom stereocenters. The molecule has 0 saturated heterocycles. The third kappa shape index (κ3) is 6.04. The van der Waals surface area contributed by atoms with Crippen LogP contribution in [0.4, 0.5) is 5.69 Å². The van der Waals surface area contributed by atoms with Gasteiger partial charge in [-0.1, -0.05) is 24.3 Å². The first-order chi connectivity index (χ1) is 11.3. The highest BCUT2D eigenvalue weighted by atomic mass is 16.6. The molecule has 0 spiro atoms. The molecular weight excluding hydrogens is 312 g/mol. The standard InChI is InChI=1S/C17H20N2O5/c1-4-18(11-13(2)3)16(20)12-24-17(21)10-9-14-7-5-6-8-15(14)19(22)23/h5-10H,2,4,11-12H2,1,3H3/b10-9+. The van der Waals surface area contributed by atoms with E-state index in [1.165, 1.54) is 29.2 Å². The quantitative estimate of drug-likeness (QED) is 0.240. The van der Waals surface area contributed by atoms with Crippen LogP contribution in [0, 0.1) is 10.1 Å². The molecule has 1 rings (SSSR count). The van der Waals surface area contributed by atoms with E-state index in [4.69, 9.17) is 4.74 Å². The summed E-state index contributed by atoms with van der Waals surface area (Å²) in [4.78, 5) is 35.4.